The number of fused-ring (bicyclic) bond motifs is 1. The Balaban J connectivity index is 1.63. The third kappa shape index (κ3) is 3.65. The molecule has 27 heavy (non-hydrogen) atoms. The van der Waals surface area contributed by atoms with Gasteiger partial charge in [0.2, 0.25) is 0 Å². The number of hydrogen-bond acceptors (Lipinski definition) is 5. The van der Waals surface area contributed by atoms with Crippen LogP contribution in [0.4, 0.5) is 10.1 Å². The predicted molar refractivity (Wildman–Crippen MR) is 101 cm³/mol. The molecule has 1 amide bonds. The van der Waals surface area contributed by atoms with Crippen molar-refractivity contribution in [1.29, 1.82) is 0 Å². The van der Waals surface area contributed by atoms with Gasteiger partial charge in [0.15, 0.2) is 5.16 Å². The molecule has 0 saturated carbocycles. The zero-order valence-corrected chi connectivity index (χ0v) is 15.1. The number of aryl methyl sites for hydroxylation is 1. The summed E-state index contributed by atoms with van der Waals surface area (Å²) in [5.74, 6) is -0.903. The summed E-state index contributed by atoms with van der Waals surface area (Å²) in [6.45, 7) is 0. The predicted octanol–water partition coefficient (Wildman–Crippen LogP) is 3.91. The lowest BCUT2D eigenvalue weighted by molar-refractivity contribution is 0.102. The van der Waals surface area contributed by atoms with Gasteiger partial charge in [-0.25, -0.2) is 14.4 Å². The summed E-state index contributed by atoms with van der Waals surface area (Å²) >= 11 is 1.33. The third-order valence-electron chi connectivity index (χ3n) is 3.85. The van der Waals surface area contributed by atoms with Crippen LogP contribution in [0.3, 0.4) is 0 Å². The maximum atomic E-state index is 13.8. The smallest absolute Gasteiger partial charge is 0.275 e. The highest BCUT2D eigenvalue weighted by molar-refractivity contribution is 7.99. The van der Waals surface area contributed by atoms with Gasteiger partial charge in [-0.15, -0.1) is 0 Å². The van der Waals surface area contributed by atoms with Crippen LogP contribution in [-0.4, -0.2) is 25.4 Å². The molecule has 4 rings (SSSR count). The number of aromatic nitrogens is 4. The number of nitrogens with one attached hydrogen (secondary N) is 1. The van der Waals surface area contributed by atoms with E-state index in [1.807, 2.05) is 36.0 Å². The Hall–Kier alpha value is -3.26. The molecule has 1 N–H and O–H groups in total. The van der Waals surface area contributed by atoms with Crippen LogP contribution < -0.4 is 5.32 Å². The van der Waals surface area contributed by atoms with Crippen molar-refractivity contribution in [2.24, 2.45) is 7.05 Å². The van der Waals surface area contributed by atoms with Gasteiger partial charge in [0.25, 0.3) is 5.91 Å². The Kier molecular flexibility index (Phi) is 4.55. The van der Waals surface area contributed by atoms with Crippen molar-refractivity contribution in [1.82, 2.24) is 19.5 Å². The molecule has 0 atom stereocenters. The fourth-order valence-electron chi connectivity index (χ4n) is 2.49. The van der Waals surface area contributed by atoms with E-state index in [9.17, 15) is 9.18 Å². The van der Waals surface area contributed by atoms with Crippen LogP contribution in [0, 0.1) is 5.82 Å². The summed E-state index contributed by atoms with van der Waals surface area (Å²) in [5, 5.41) is 3.45. The van der Waals surface area contributed by atoms with E-state index >= 15 is 0 Å². The monoisotopic (exact) mass is 379 g/mol. The van der Waals surface area contributed by atoms with Crippen molar-refractivity contribution in [2.45, 2.75) is 10.1 Å². The average molecular weight is 379 g/mol. The van der Waals surface area contributed by atoms with Gasteiger partial charge in [-0.2, -0.15) is 0 Å². The number of nitrogens with zero attached hydrogens (tertiary/aromatic N) is 4. The Morgan fingerprint density at radius 3 is 2.74 bits per heavy atom. The largest absolute Gasteiger partial charge is 0.329 e. The summed E-state index contributed by atoms with van der Waals surface area (Å²) in [6.07, 6.45) is 4.89. The van der Waals surface area contributed by atoms with Crippen LogP contribution in [0.25, 0.3) is 11.0 Å². The van der Waals surface area contributed by atoms with Crippen molar-refractivity contribution < 1.29 is 9.18 Å². The van der Waals surface area contributed by atoms with E-state index in [0.29, 0.717) is 21.6 Å². The SMILES string of the molecule is Cn1ccnc1Sc1ccc(F)cc1NC(=O)c1cnc2ccccc2n1. The maximum absolute atomic E-state index is 13.8. The highest BCUT2D eigenvalue weighted by Crippen LogP contribution is 2.33. The standard InChI is InChI=1S/C19H14FN5OS/c1-25-9-8-21-19(25)27-17-7-6-12(20)10-15(17)24-18(26)16-11-22-13-4-2-3-5-14(13)23-16/h2-11H,1H3,(H,24,26). The van der Waals surface area contributed by atoms with E-state index in [1.165, 1.54) is 30.1 Å². The van der Waals surface area contributed by atoms with E-state index in [2.05, 4.69) is 20.3 Å². The lowest BCUT2D eigenvalue weighted by Crippen LogP contribution is -2.15. The summed E-state index contributed by atoms with van der Waals surface area (Å²) in [6, 6.07) is 11.5. The molecule has 0 unspecified atom stereocenters. The molecule has 2 aromatic carbocycles. The van der Waals surface area contributed by atoms with Gasteiger partial charge < -0.3 is 9.88 Å². The van der Waals surface area contributed by atoms with E-state index in [4.69, 9.17) is 0 Å². The number of carbonyl (C=O) groups is 1. The first kappa shape index (κ1) is 17.2. The quantitative estimate of drug-likeness (QED) is 0.582. The van der Waals surface area contributed by atoms with Crippen molar-refractivity contribution in [3.8, 4) is 0 Å². The topological polar surface area (TPSA) is 72.7 Å². The Labute approximate surface area is 158 Å². The molecule has 0 fully saturated rings. The van der Waals surface area contributed by atoms with Crippen LogP contribution in [-0.2, 0) is 7.05 Å². The number of rotatable bonds is 4. The van der Waals surface area contributed by atoms with Gasteiger partial charge in [0.05, 0.1) is 22.9 Å². The fourth-order valence-corrected chi connectivity index (χ4v) is 3.36. The van der Waals surface area contributed by atoms with Gasteiger partial charge in [-0.05, 0) is 42.1 Å². The van der Waals surface area contributed by atoms with Crippen molar-refractivity contribution >= 4 is 34.4 Å². The first-order valence-corrected chi connectivity index (χ1v) is 8.90. The molecule has 0 aliphatic heterocycles. The van der Waals surface area contributed by atoms with Gasteiger partial charge in [0.1, 0.15) is 11.5 Å². The van der Waals surface area contributed by atoms with Crippen LogP contribution >= 0.6 is 11.8 Å². The molecule has 0 aliphatic carbocycles. The second-order valence-electron chi connectivity index (χ2n) is 5.76. The van der Waals surface area contributed by atoms with Gasteiger partial charge in [0, 0.05) is 24.3 Å². The van der Waals surface area contributed by atoms with Crippen LogP contribution in [0.15, 0.2) is 71.1 Å². The number of benzene rings is 2. The molecule has 4 aromatic rings. The average Bonchev–Trinajstić information content (AvgIpc) is 3.08. The Bertz CT molecular complexity index is 1140. The molecular formula is C19H14FN5OS. The third-order valence-corrected chi connectivity index (χ3v) is 5.00. The molecular weight excluding hydrogens is 365 g/mol. The van der Waals surface area contributed by atoms with Crippen molar-refractivity contribution in [3.63, 3.8) is 0 Å². The number of amides is 1. The van der Waals surface area contributed by atoms with Gasteiger partial charge in [-0.3, -0.25) is 9.78 Å². The number of halogens is 1. The Morgan fingerprint density at radius 2 is 1.96 bits per heavy atom. The zero-order valence-electron chi connectivity index (χ0n) is 14.3. The number of imidazole rings is 1. The van der Waals surface area contributed by atoms with Gasteiger partial charge in [-0.1, -0.05) is 12.1 Å². The summed E-state index contributed by atoms with van der Waals surface area (Å²) in [5.41, 5.74) is 1.83. The van der Waals surface area contributed by atoms with E-state index in [1.54, 1.807) is 18.3 Å². The summed E-state index contributed by atoms with van der Waals surface area (Å²) in [4.78, 5) is 26.1. The van der Waals surface area contributed by atoms with Crippen molar-refractivity contribution in [3.05, 3.63) is 72.6 Å². The van der Waals surface area contributed by atoms with Crippen LogP contribution in [0.2, 0.25) is 0 Å². The first-order chi connectivity index (χ1) is 13.1. The minimum Gasteiger partial charge on any atom is -0.329 e. The summed E-state index contributed by atoms with van der Waals surface area (Å²) in [7, 11) is 1.86. The molecule has 0 aliphatic rings. The van der Waals surface area contributed by atoms with Crippen LogP contribution in [0.1, 0.15) is 10.5 Å². The Morgan fingerprint density at radius 1 is 1.15 bits per heavy atom. The van der Waals surface area contributed by atoms with E-state index in [-0.39, 0.29) is 5.69 Å². The second-order valence-corrected chi connectivity index (χ2v) is 6.77. The molecule has 134 valence electrons. The highest BCUT2D eigenvalue weighted by Gasteiger charge is 2.14. The highest BCUT2D eigenvalue weighted by atomic mass is 32.2. The van der Waals surface area contributed by atoms with E-state index < -0.39 is 11.7 Å². The number of carbonyl (C=O) groups excluding carboxylic acids is 1. The molecule has 0 bridgehead atoms. The van der Waals surface area contributed by atoms with Gasteiger partial charge >= 0.3 is 0 Å². The summed E-state index contributed by atoms with van der Waals surface area (Å²) < 4.78 is 15.6. The normalized spacial score (nSPS) is 10.9. The molecule has 8 heteroatoms. The molecule has 0 radical (unpaired) electrons. The van der Waals surface area contributed by atoms with E-state index in [0.717, 1.165) is 5.16 Å². The zero-order chi connectivity index (χ0) is 18.8. The molecule has 2 aromatic heterocycles. The fraction of sp³-hybridized carbons (Fsp3) is 0.0526. The van der Waals surface area contributed by atoms with Crippen LogP contribution in [0.5, 0.6) is 0 Å². The van der Waals surface area contributed by atoms with Crippen molar-refractivity contribution in [2.75, 3.05) is 5.32 Å². The maximum Gasteiger partial charge on any atom is 0.275 e. The first-order valence-electron chi connectivity index (χ1n) is 8.08. The molecule has 0 spiro atoms. The molecule has 0 saturated heterocycles. The number of para-hydroxylation sites is 2. The lowest BCUT2D eigenvalue weighted by Gasteiger charge is -2.11. The second kappa shape index (κ2) is 7.16. The molecule has 2 heterocycles. The molecule has 6 nitrogen and oxygen atoms in total. The number of anilines is 1. The number of hydrogen-bond donors (Lipinski definition) is 1. The minimum absolute atomic E-state index is 0.158. The lowest BCUT2D eigenvalue weighted by atomic mass is 10.2. The minimum atomic E-state index is -0.458.